The molecule has 1 saturated carbocycles. The van der Waals surface area contributed by atoms with E-state index >= 15 is 0 Å². The molecule has 1 aromatic heterocycles. The number of aromatic amines is 1. The second-order valence-corrected chi connectivity index (χ2v) is 6.32. The summed E-state index contributed by atoms with van der Waals surface area (Å²) in [5, 5.41) is 1.40. The van der Waals surface area contributed by atoms with E-state index in [2.05, 4.69) is 52.2 Å². The van der Waals surface area contributed by atoms with Crippen molar-refractivity contribution in [1.82, 2.24) is 4.98 Å². The molecule has 0 radical (unpaired) electrons. The normalized spacial score (nSPS) is 25.3. The molecule has 0 spiro atoms. The Morgan fingerprint density at radius 1 is 1.29 bits per heavy atom. The van der Waals surface area contributed by atoms with E-state index in [4.69, 9.17) is 0 Å². The largest absolute Gasteiger partial charge is 0.361 e. The summed E-state index contributed by atoms with van der Waals surface area (Å²) in [5.41, 5.74) is 2.79. The molecule has 0 aliphatic heterocycles. The molecule has 17 heavy (non-hydrogen) atoms. The van der Waals surface area contributed by atoms with E-state index in [0.29, 0.717) is 0 Å². The van der Waals surface area contributed by atoms with Crippen LogP contribution in [0.25, 0.3) is 10.9 Å². The van der Waals surface area contributed by atoms with Gasteiger partial charge in [-0.15, -0.1) is 0 Å². The van der Waals surface area contributed by atoms with Crippen molar-refractivity contribution in [3.8, 4) is 0 Å². The van der Waals surface area contributed by atoms with Crippen molar-refractivity contribution in [2.24, 2.45) is 5.92 Å². The molecule has 1 aliphatic rings. The molecule has 1 nitrogen and oxygen atoms in total. The number of aromatic nitrogens is 1. The van der Waals surface area contributed by atoms with Gasteiger partial charge in [0.15, 0.2) is 0 Å². The Hall–Kier alpha value is -0.760. The van der Waals surface area contributed by atoms with Crippen molar-refractivity contribution in [2.45, 2.75) is 38.5 Å². The molecule has 1 heterocycles. The molecule has 2 atom stereocenters. The minimum atomic E-state index is 0.752. The number of hydrogen-bond donors (Lipinski definition) is 1. The van der Waals surface area contributed by atoms with Crippen LogP contribution in [0.5, 0.6) is 0 Å². The highest BCUT2D eigenvalue weighted by Gasteiger charge is 2.22. The lowest BCUT2D eigenvalue weighted by Gasteiger charge is -2.26. The zero-order chi connectivity index (χ0) is 11.8. The third kappa shape index (κ3) is 2.15. The van der Waals surface area contributed by atoms with E-state index in [9.17, 15) is 0 Å². The molecular weight excluding hydrogens is 274 g/mol. The van der Waals surface area contributed by atoms with Crippen LogP contribution in [0.15, 0.2) is 28.9 Å². The van der Waals surface area contributed by atoms with Crippen molar-refractivity contribution < 1.29 is 0 Å². The fourth-order valence-electron chi connectivity index (χ4n) is 3.17. The van der Waals surface area contributed by atoms with Gasteiger partial charge in [-0.1, -0.05) is 35.7 Å². The van der Waals surface area contributed by atoms with E-state index < -0.39 is 0 Å². The van der Waals surface area contributed by atoms with Gasteiger partial charge in [0.2, 0.25) is 0 Å². The van der Waals surface area contributed by atoms with Gasteiger partial charge in [-0.25, -0.2) is 0 Å². The SMILES string of the molecule is CC1CCCC(c2c[nH]c3ccc(Br)cc23)C1. The fraction of sp³-hybridized carbons (Fsp3) is 0.467. The fourth-order valence-corrected chi connectivity index (χ4v) is 3.53. The third-order valence-electron chi connectivity index (χ3n) is 4.05. The summed E-state index contributed by atoms with van der Waals surface area (Å²) in [6.07, 6.45) is 7.71. The minimum absolute atomic E-state index is 0.752. The molecule has 0 bridgehead atoms. The Morgan fingerprint density at radius 2 is 2.18 bits per heavy atom. The predicted octanol–water partition coefficient (Wildman–Crippen LogP) is 5.22. The highest BCUT2D eigenvalue weighted by atomic mass is 79.9. The van der Waals surface area contributed by atoms with Gasteiger partial charge < -0.3 is 4.98 Å². The maximum Gasteiger partial charge on any atom is 0.0457 e. The number of halogens is 1. The summed E-state index contributed by atoms with van der Waals surface area (Å²) >= 11 is 3.57. The highest BCUT2D eigenvalue weighted by molar-refractivity contribution is 9.10. The van der Waals surface area contributed by atoms with Gasteiger partial charge in [-0.2, -0.15) is 0 Å². The first-order chi connectivity index (χ1) is 8.24. The summed E-state index contributed by atoms with van der Waals surface area (Å²) in [4.78, 5) is 3.41. The van der Waals surface area contributed by atoms with Crippen LogP contribution in [0.2, 0.25) is 0 Å². The number of rotatable bonds is 1. The number of H-pyrrole nitrogens is 1. The number of nitrogens with one attached hydrogen (secondary N) is 1. The number of benzene rings is 1. The first-order valence-corrected chi connectivity index (χ1v) is 7.30. The summed E-state index contributed by atoms with van der Waals surface area (Å²) in [6, 6.07) is 6.52. The van der Waals surface area contributed by atoms with Gasteiger partial charge in [0.05, 0.1) is 0 Å². The van der Waals surface area contributed by atoms with Gasteiger partial charge in [-0.3, -0.25) is 0 Å². The van der Waals surface area contributed by atoms with Crippen molar-refractivity contribution in [1.29, 1.82) is 0 Å². The molecule has 0 amide bonds. The highest BCUT2D eigenvalue weighted by Crippen LogP contribution is 2.39. The maximum absolute atomic E-state index is 3.57. The van der Waals surface area contributed by atoms with E-state index in [1.165, 1.54) is 46.6 Å². The lowest BCUT2D eigenvalue weighted by atomic mass is 9.79. The van der Waals surface area contributed by atoms with Crippen molar-refractivity contribution in [3.63, 3.8) is 0 Å². The lowest BCUT2D eigenvalue weighted by molar-refractivity contribution is 0.345. The zero-order valence-corrected chi connectivity index (χ0v) is 11.8. The van der Waals surface area contributed by atoms with Crippen molar-refractivity contribution in [2.75, 3.05) is 0 Å². The molecular formula is C15H18BrN. The second kappa shape index (κ2) is 4.49. The standard InChI is InChI=1S/C15H18BrN/c1-10-3-2-4-11(7-10)14-9-17-15-6-5-12(16)8-13(14)15/h5-6,8-11,17H,2-4,7H2,1H3. The van der Waals surface area contributed by atoms with E-state index in [0.717, 1.165) is 11.8 Å². The van der Waals surface area contributed by atoms with E-state index in [-0.39, 0.29) is 0 Å². The monoisotopic (exact) mass is 291 g/mol. The van der Waals surface area contributed by atoms with Gasteiger partial charge >= 0.3 is 0 Å². The Kier molecular flexibility index (Phi) is 2.99. The first kappa shape index (κ1) is 11.3. The summed E-state index contributed by atoms with van der Waals surface area (Å²) in [5.74, 6) is 1.63. The number of hydrogen-bond acceptors (Lipinski definition) is 0. The smallest absolute Gasteiger partial charge is 0.0457 e. The first-order valence-electron chi connectivity index (χ1n) is 6.50. The molecule has 1 aliphatic carbocycles. The second-order valence-electron chi connectivity index (χ2n) is 5.40. The Morgan fingerprint density at radius 3 is 3.00 bits per heavy atom. The maximum atomic E-state index is 3.57. The van der Waals surface area contributed by atoms with E-state index in [1.54, 1.807) is 0 Å². The predicted molar refractivity (Wildman–Crippen MR) is 76.4 cm³/mol. The average Bonchev–Trinajstić information content (AvgIpc) is 2.71. The van der Waals surface area contributed by atoms with Crippen LogP contribution in [0.4, 0.5) is 0 Å². The Labute approximate surface area is 111 Å². The summed E-state index contributed by atoms with van der Waals surface area (Å²) in [6.45, 7) is 2.39. The van der Waals surface area contributed by atoms with Gasteiger partial charge in [-0.05, 0) is 48.4 Å². The molecule has 2 aromatic rings. The topological polar surface area (TPSA) is 15.8 Å². The van der Waals surface area contributed by atoms with Gasteiger partial charge in [0.1, 0.15) is 0 Å². The molecule has 3 rings (SSSR count). The van der Waals surface area contributed by atoms with Crippen molar-refractivity contribution >= 4 is 26.8 Å². The molecule has 1 N–H and O–H groups in total. The van der Waals surface area contributed by atoms with Gasteiger partial charge in [0.25, 0.3) is 0 Å². The van der Waals surface area contributed by atoms with Crippen LogP contribution >= 0.6 is 15.9 Å². The molecule has 1 aromatic carbocycles. The van der Waals surface area contributed by atoms with Crippen LogP contribution in [-0.2, 0) is 0 Å². The minimum Gasteiger partial charge on any atom is -0.361 e. The Balaban J connectivity index is 2.01. The lowest BCUT2D eigenvalue weighted by Crippen LogP contribution is -2.11. The van der Waals surface area contributed by atoms with Crippen LogP contribution in [0.3, 0.4) is 0 Å². The molecule has 2 heteroatoms. The molecule has 90 valence electrons. The van der Waals surface area contributed by atoms with Gasteiger partial charge in [0, 0.05) is 21.6 Å². The van der Waals surface area contributed by atoms with Crippen LogP contribution < -0.4 is 0 Å². The molecule has 1 fully saturated rings. The van der Waals surface area contributed by atoms with Crippen LogP contribution in [-0.4, -0.2) is 4.98 Å². The quantitative estimate of drug-likeness (QED) is 0.741. The van der Waals surface area contributed by atoms with Crippen LogP contribution in [0.1, 0.15) is 44.1 Å². The average molecular weight is 292 g/mol. The summed E-state index contributed by atoms with van der Waals surface area (Å²) < 4.78 is 1.18. The zero-order valence-electron chi connectivity index (χ0n) is 10.2. The molecule has 0 saturated heterocycles. The van der Waals surface area contributed by atoms with Crippen molar-refractivity contribution in [3.05, 3.63) is 34.4 Å². The van der Waals surface area contributed by atoms with E-state index in [1.807, 2.05) is 0 Å². The Bertz CT molecular complexity index is 529. The number of fused-ring (bicyclic) bond motifs is 1. The van der Waals surface area contributed by atoms with Crippen LogP contribution in [0, 0.1) is 5.92 Å². The third-order valence-corrected chi connectivity index (χ3v) is 4.55. The molecule has 2 unspecified atom stereocenters. The summed E-state index contributed by atoms with van der Waals surface area (Å²) in [7, 11) is 0.